The molecule has 448 valence electrons. The van der Waals surface area contributed by atoms with Gasteiger partial charge in [0.05, 0.1) is 6.61 Å². The number of ether oxygens (including phenoxy) is 5. The Morgan fingerprint density at radius 2 is 0.835 bits per heavy atom. The zero-order valence-corrected chi connectivity index (χ0v) is 49.3. The monoisotopic (exact) mass is 1100 g/mol. The average molecular weight is 1110 g/mol. The van der Waals surface area contributed by atoms with Crippen LogP contribution in [-0.2, 0) is 42.9 Å². The second kappa shape index (κ2) is 54.0. The van der Waals surface area contributed by atoms with Gasteiger partial charge in [-0.15, -0.1) is 0 Å². The van der Waals surface area contributed by atoms with Gasteiger partial charge in [-0.1, -0.05) is 214 Å². The molecule has 1 aliphatic rings. The molecule has 12 nitrogen and oxygen atoms in total. The minimum Gasteiger partial charge on any atom is -0.479 e. The minimum absolute atomic E-state index is 0.0246. The van der Waals surface area contributed by atoms with E-state index in [1.807, 2.05) is 12.2 Å². The van der Waals surface area contributed by atoms with Crippen molar-refractivity contribution in [2.24, 2.45) is 0 Å². The van der Waals surface area contributed by atoms with Crippen LogP contribution in [0.25, 0.3) is 0 Å². The van der Waals surface area contributed by atoms with E-state index in [1.54, 1.807) is 0 Å². The number of unbranched alkanes of at least 4 members (excludes halogenated alkanes) is 19. The first kappa shape index (κ1) is 72.4. The molecule has 0 bridgehead atoms. The molecule has 12 heteroatoms. The fourth-order valence-electron chi connectivity index (χ4n) is 8.59. The molecule has 0 amide bonds. The van der Waals surface area contributed by atoms with Gasteiger partial charge >= 0.3 is 23.9 Å². The lowest BCUT2D eigenvalue weighted by Crippen LogP contribution is -2.61. The van der Waals surface area contributed by atoms with Crippen LogP contribution >= 0.6 is 0 Å². The van der Waals surface area contributed by atoms with Gasteiger partial charge in [-0.05, 0) is 116 Å². The maximum absolute atomic E-state index is 13.1. The van der Waals surface area contributed by atoms with E-state index < -0.39 is 67.3 Å². The predicted molar refractivity (Wildman–Crippen MR) is 321 cm³/mol. The smallest absolute Gasteiger partial charge is 0.335 e. The molecule has 0 aromatic rings. The molecule has 0 aromatic carbocycles. The quantitative estimate of drug-likeness (QED) is 0.0228. The Labute approximate surface area is 478 Å². The van der Waals surface area contributed by atoms with Crippen molar-refractivity contribution in [3.05, 3.63) is 109 Å². The van der Waals surface area contributed by atoms with Gasteiger partial charge in [0.25, 0.3) is 0 Å². The lowest BCUT2D eigenvalue weighted by molar-refractivity contribution is -0.301. The fourth-order valence-corrected chi connectivity index (χ4v) is 8.59. The van der Waals surface area contributed by atoms with Crippen LogP contribution in [0.3, 0.4) is 0 Å². The third kappa shape index (κ3) is 43.8. The molecule has 1 aliphatic heterocycles. The number of carboxylic acids is 1. The fraction of sp³-hybridized carbons (Fsp3) is 0.672. The zero-order valence-electron chi connectivity index (χ0n) is 49.3. The third-order valence-corrected chi connectivity index (χ3v) is 13.3. The number of carboxylic acid groups (broad SMARTS) is 1. The van der Waals surface area contributed by atoms with E-state index >= 15 is 0 Å². The second-order valence-corrected chi connectivity index (χ2v) is 20.6. The molecule has 79 heavy (non-hydrogen) atoms. The van der Waals surface area contributed by atoms with Gasteiger partial charge in [0.15, 0.2) is 24.6 Å². The molecule has 0 spiro atoms. The summed E-state index contributed by atoms with van der Waals surface area (Å²) in [6, 6.07) is 0. The van der Waals surface area contributed by atoms with Crippen LogP contribution in [0, 0.1) is 0 Å². The Morgan fingerprint density at radius 3 is 1.30 bits per heavy atom. The standard InChI is InChI=1S/C67H108O12/c1-4-7-10-13-16-19-22-25-27-29-30-32-33-36-38-41-44-47-50-53-59(68)75-56-58(77-60(69)54-51-48-45-42-39-35-24-21-18-15-12-9-6-3)57-76-67-65(63(72)62(71)64(79-67)66(73)74)78-61(70)55-52-49-46-43-40-37-34-31-28-26-23-20-17-14-11-8-5-2/h8,11-12,15-17,19-21,24-28,34,37,43,46,58,62-65,67,71-72H,4-7,9-10,13-14,18,22-23,29-33,35-36,38-42,44-45,47-57H2,1-3H3,(H,73,74)/b11-8-,15-12-,19-16-,20-17-,24-21-,27-25-,28-26-,37-34-,46-43-. The van der Waals surface area contributed by atoms with Crippen molar-refractivity contribution in [1.29, 1.82) is 0 Å². The zero-order chi connectivity index (χ0) is 57.5. The molecular formula is C67H108O12. The van der Waals surface area contributed by atoms with Gasteiger partial charge in [0, 0.05) is 19.3 Å². The van der Waals surface area contributed by atoms with E-state index in [9.17, 15) is 34.5 Å². The summed E-state index contributed by atoms with van der Waals surface area (Å²) >= 11 is 0. The first-order chi connectivity index (χ1) is 38.6. The third-order valence-electron chi connectivity index (χ3n) is 13.3. The van der Waals surface area contributed by atoms with Gasteiger partial charge in [-0.25, -0.2) is 4.79 Å². The number of carbonyl (C=O) groups excluding carboxylic acids is 3. The van der Waals surface area contributed by atoms with Crippen LogP contribution in [0.5, 0.6) is 0 Å². The van der Waals surface area contributed by atoms with E-state index in [1.165, 1.54) is 57.8 Å². The molecule has 6 unspecified atom stereocenters. The molecule has 0 saturated carbocycles. The summed E-state index contributed by atoms with van der Waals surface area (Å²) in [5.74, 6) is -3.23. The summed E-state index contributed by atoms with van der Waals surface area (Å²) in [6.07, 6.45) is 60.6. The number of hydrogen-bond acceptors (Lipinski definition) is 11. The molecule has 6 atom stereocenters. The molecule has 1 rings (SSSR count). The first-order valence-corrected chi connectivity index (χ1v) is 30.9. The topological polar surface area (TPSA) is 175 Å². The first-order valence-electron chi connectivity index (χ1n) is 30.9. The highest BCUT2D eigenvalue weighted by molar-refractivity contribution is 5.74. The molecule has 3 N–H and O–H groups in total. The van der Waals surface area contributed by atoms with Crippen LogP contribution in [0.15, 0.2) is 109 Å². The van der Waals surface area contributed by atoms with Crippen molar-refractivity contribution in [2.75, 3.05) is 13.2 Å². The van der Waals surface area contributed by atoms with Crippen molar-refractivity contribution < 1.29 is 58.2 Å². The summed E-state index contributed by atoms with van der Waals surface area (Å²) in [5.41, 5.74) is 0. The normalized spacial score (nSPS) is 18.6. The molecule has 1 fully saturated rings. The number of carbonyl (C=O) groups is 4. The highest BCUT2D eigenvalue weighted by atomic mass is 16.7. The second-order valence-electron chi connectivity index (χ2n) is 20.6. The molecule has 0 aromatic heterocycles. The van der Waals surface area contributed by atoms with Crippen LogP contribution in [0.1, 0.15) is 239 Å². The Kier molecular flexibility index (Phi) is 49.5. The van der Waals surface area contributed by atoms with Crippen molar-refractivity contribution >= 4 is 23.9 Å². The van der Waals surface area contributed by atoms with E-state index in [0.717, 1.165) is 116 Å². The summed E-state index contributed by atoms with van der Waals surface area (Å²) in [5, 5.41) is 31.5. The number of aliphatic hydroxyl groups is 2. The lowest BCUT2D eigenvalue weighted by Gasteiger charge is -2.40. The molecule has 0 aliphatic carbocycles. The molecule has 1 heterocycles. The SMILES string of the molecule is CC/C=C\C/C=C\C/C=C\C/C=C\C/C=C\CCCC(=O)OC1C(OCC(COC(=O)CCCCCCCCCCC/C=C\C/C=C\CCCCC)OC(=O)CCCCCCC/C=C\C/C=C\CCC)OC(C(=O)O)C(O)C1O. The maximum Gasteiger partial charge on any atom is 0.335 e. The van der Waals surface area contributed by atoms with E-state index in [0.29, 0.717) is 25.7 Å². The van der Waals surface area contributed by atoms with E-state index in [-0.39, 0.29) is 25.9 Å². The van der Waals surface area contributed by atoms with Crippen molar-refractivity contribution in [3.63, 3.8) is 0 Å². The van der Waals surface area contributed by atoms with Gasteiger partial charge in [0.1, 0.15) is 18.8 Å². The number of aliphatic hydroxyl groups excluding tert-OH is 2. The number of hydrogen-bond donors (Lipinski definition) is 3. The van der Waals surface area contributed by atoms with Gasteiger partial charge in [-0.2, -0.15) is 0 Å². The predicted octanol–water partition coefficient (Wildman–Crippen LogP) is 16.2. The average Bonchev–Trinajstić information content (AvgIpc) is 3.46. The summed E-state index contributed by atoms with van der Waals surface area (Å²) in [6.45, 7) is 5.75. The van der Waals surface area contributed by atoms with Gasteiger partial charge in [0.2, 0.25) is 0 Å². The van der Waals surface area contributed by atoms with E-state index in [2.05, 4.69) is 118 Å². The number of allylic oxidation sites excluding steroid dienone is 18. The Balaban J connectivity index is 2.70. The van der Waals surface area contributed by atoms with Crippen molar-refractivity contribution in [1.82, 2.24) is 0 Å². The molecule has 1 saturated heterocycles. The van der Waals surface area contributed by atoms with Crippen LogP contribution in [0.2, 0.25) is 0 Å². The molecular weight excluding hydrogens is 997 g/mol. The Morgan fingerprint density at radius 1 is 0.430 bits per heavy atom. The van der Waals surface area contributed by atoms with E-state index in [4.69, 9.17) is 23.7 Å². The maximum atomic E-state index is 13.1. The highest BCUT2D eigenvalue weighted by Crippen LogP contribution is 2.26. The van der Waals surface area contributed by atoms with Crippen molar-refractivity contribution in [3.8, 4) is 0 Å². The summed E-state index contributed by atoms with van der Waals surface area (Å²) in [7, 11) is 0. The summed E-state index contributed by atoms with van der Waals surface area (Å²) < 4.78 is 28.4. The van der Waals surface area contributed by atoms with Gasteiger partial charge in [-0.3, -0.25) is 14.4 Å². The summed E-state index contributed by atoms with van der Waals surface area (Å²) in [4.78, 5) is 51.2. The van der Waals surface area contributed by atoms with Crippen LogP contribution in [-0.4, -0.2) is 89.2 Å². The Hall–Kier alpha value is -4.62. The minimum atomic E-state index is -1.93. The molecule has 0 radical (unpaired) electrons. The number of esters is 3. The highest BCUT2D eigenvalue weighted by Gasteiger charge is 2.50. The Bertz CT molecular complexity index is 1790. The van der Waals surface area contributed by atoms with Crippen LogP contribution < -0.4 is 0 Å². The number of rotatable bonds is 51. The number of aliphatic carboxylic acids is 1. The van der Waals surface area contributed by atoms with Crippen LogP contribution in [0.4, 0.5) is 0 Å². The lowest BCUT2D eigenvalue weighted by atomic mass is 9.98. The largest absolute Gasteiger partial charge is 0.479 e. The van der Waals surface area contributed by atoms with Gasteiger partial charge < -0.3 is 39.0 Å². The van der Waals surface area contributed by atoms with Crippen molar-refractivity contribution in [2.45, 2.75) is 276 Å².